The molecule has 0 unspecified atom stereocenters. The van der Waals surface area contributed by atoms with Gasteiger partial charge in [-0.05, 0) is 12.1 Å². The van der Waals surface area contributed by atoms with Crippen molar-refractivity contribution in [2.45, 2.75) is 0 Å². The summed E-state index contributed by atoms with van der Waals surface area (Å²) in [5, 5.41) is 17.9. The van der Waals surface area contributed by atoms with Gasteiger partial charge in [0.1, 0.15) is 0 Å². The molecule has 0 amide bonds. The fraction of sp³-hybridized carbons (Fsp3) is 0.100. The first-order chi connectivity index (χ1) is 6.65. The molecular formula is C10H10O4. The molecule has 4 nitrogen and oxygen atoms in total. The van der Waals surface area contributed by atoms with Gasteiger partial charge in [0, 0.05) is 11.6 Å². The molecule has 0 spiro atoms. The average molecular weight is 194 g/mol. The number of ether oxygens (including phenoxy) is 1. The molecule has 0 saturated carbocycles. The van der Waals surface area contributed by atoms with Gasteiger partial charge in [0.15, 0.2) is 11.5 Å². The van der Waals surface area contributed by atoms with Crippen molar-refractivity contribution in [2.75, 3.05) is 7.11 Å². The standard InChI is InChI=1S/C10H10O4/c1-14-8-4-2-3-7(10(8)13)5-6-9(11)12/h2-6,13H,1H3,(H,11,12)/b6-5+. The second-order valence-corrected chi connectivity index (χ2v) is 2.57. The first-order valence-electron chi connectivity index (χ1n) is 3.92. The van der Waals surface area contributed by atoms with Crippen LogP contribution < -0.4 is 4.74 Å². The lowest BCUT2D eigenvalue weighted by Gasteiger charge is -2.04. The molecule has 14 heavy (non-hydrogen) atoms. The minimum atomic E-state index is -1.06. The van der Waals surface area contributed by atoms with Gasteiger partial charge in [-0.3, -0.25) is 0 Å². The molecule has 2 N–H and O–H groups in total. The molecule has 0 aromatic heterocycles. The van der Waals surface area contributed by atoms with E-state index in [9.17, 15) is 9.90 Å². The van der Waals surface area contributed by atoms with Crippen molar-refractivity contribution in [2.24, 2.45) is 0 Å². The molecule has 1 aromatic carbocycles. The molecule has 0 aliphatic rings. The molecule has 0 bridgehead atoms. The summed E-state index contributed by atoms with van der Waals surface area (Å²) in [6.45, 7) is 0. The number of phenolic OH excluding ortho intramolecular Hbond substituents is 1. The number of carbonyl (C=O) groups is 1. The van der Waals surface area contributed by atoms with Crippen molar-refractivity contribution in [1.82, 2.24) is 0 Å². The van der Waals surface area contributed by atoms with Crippen molar-refractivity contribution < 1.29 is 19.7 Å². The summed E-state index contributed by atoms with van der Waals surface area (Å²) < 4.78 is 4.86. The van der Waals surface area contributed by atoms with Crippen molar-refractivity contribution in [3.63, 3.8) is 0 Å². The van der Waals surface area contributed by atoms with Crippen molar-refractivity contribution in [3.8, 4) is 11.5 Å². The van der Waals surface area contributed by atoms with Crippen LogP contribution in [-0.4, -0.2) is 23.3 Å². The third kappa shape index (κ3) is 2.26. The summed E-state index contributed by atoms with van der Waals surface area (Å²) in [4.78, 5) is 10.2. The van der Waals surface area contributed by atoms with E-state index in [0.717, 1.165) is 6.08 Å². The third-order valence-electron chi connectivity index (χ3n) is 1.66. The van der Waals surface area contributed by atoms with E-state index in [1.807, 2.05) is 0 Å². The van der Waals surface area contributed by atoms with E-state index in [4.69, 9.17) is 9.84 Å². The number of benzene rings is 1. The number of methoxy groups -OCH3 is 1. The molecule has 1 rings (SSSR count). The van der Waals surface area contributed by atoms with Crippen LogP contribution in [0, 0.1) is 0 Å². The molecule has 0 aliphatic carbocycles. The number of aliphatic carboxylic acids is 1. The number of carboxylic acid groups (broad SMARTS) is 1. The predicted octanol–water partition coefficient (Wildman–Crippen LogP) is 1.50. The Labute approximate surface area is 81.1 Å². The predicted molar refractivity (Wildman–Crippen MR) is 51.3 cm³/mol. The minimum absolute atomic E-state index is 0.0625. The van der Waals surface area contributed by atoms with E-state index in [0.29, 0.717) is 11.3 Å². The topological polar surface area (TPSA) is 66.8 Å². The van der Waals surface area contributed by atoms with Crippen LogP contribution in [0.15, 0.2) is 24.3 Å². The fourth-order valence-electron chi connectivity index (χ4n) is 1.000. The van der Waals surface area contributed by atoms with Gasteiger partial charge < -0.3 is 14.9 Å². The van der Waals surface area contributed by atoms with Crippen LogP contribution in [0.1, 0.15) is 5.56 Å². The van der Waals surface area contributed by atoms with Gasteiger partial charge in [-0.15, -0.1) is 0 Å². The van der Waals surface area contributed by atoms with Gasteiger partial charge in [-0.2, -0.15) is 0 Å². The lowest BCUT2D eigenvalue weighted by atomic mass is 10.1. The summed E-state index contributed by atoms with van der Waals surface area (Å²) in [5.41, 5.74) is 0.409. The van der Waals surface area contributed by atoms with Gasteiger partial charge >= 0.3 is 5.97 Å². The average Bonchev–Trinajstić information content (AvgIpc) is 2.16. The first kappa shape index (κ1) is 10.1. The number of para-hydroxylation sites is 1. The summed E-state index contributed by atoms with van der Waals surface area (Å²) in [6, 6.07) is 4.85. The van der Waals surface area contributed by atoms with Crippen molar-refractivity contribution in [1.29, 1.82) is 0 Å². The van der Waals surface area contributed by atoms with Crippen LogP contribution in [0.2, 0.25) is 0 Å². The summed E-state index contributed by atoms with van der Waals surface area (Å²) in [5.74, 6) is -0.808. The molecule has 0 atom stereocenters. The lowest BCUT2D eigenvalue weighted by Crippen LogP contribution is -1.87. The Morgan fingerprint density at radius 2 is 2.21 bits per heavy atom. The number of hydrogen-bond donors (Lipinski definition) is 2. The maximum atomic E-state index is 10.2. The number of aromatic hydroxyl groups is 1. The second-order valence-electron chi connectivity index (χ2n) is 2.57. The number of hydrogen-bond acceptors (Lipinski definition) is 3. The van der Waals surface area contributed by atoms with Crippen LogP contribution >= 0.6 is 0 Å². The number of phenols is 1. The lowest BCUT2D eigenvalue weighted by molar-refractivity contribution is -0.131. The van der Waals surface area contributed by atoms with Crippen LogP contribution in [0.4, 0.5) is 0 Å². The number of carboxylic acids is 1. The van der Waals surface area contributed by atoms with E-state index >= 15 is 0 Å². The molecule has 0 aliphatic heterocycles. The fourth-order valence-corrected chi connectivity index (χ4v) is 1.000. The maximum absolute atomic E-state index is 10.2. The highest BCUT2D eigenvalue weighted by molar-refractivity contribution is 5.86. The van der Waals surface area contributed by atoms with Gasteiger partial charge in [0.2, 0.25) is 0 Å². The molecule has 74 valence electrons. The zero-order valence-electron chi connectivity index (χ0n) is 7.60. The van der Waals surface area contributed by atoms with E-state index in [1.54, 1.807) is 18.2 Å². The Morgan fingerprint density at radius 3 is 2.79 bits per heavy atom. The van der Waals surface area contributed by atoms with Crippen molar-refractivity contribution in [3.05, 3.63) is 29.8 Å². The van der Waals surface area contributed by atoms with Crippen LogP contribution in [0.3, 0.4) is 0 Å². The number of rotatable bonds is 3. The Morgan fingerprint density at radius 1 is 1.50 bits per heavy atom. The monoisotopic (exact) mass is 194 g/mol. The Bertz CT molecular complexity index is 368. The molecule has 4 heteroatoms. The summed E-state index contributed by atoms with van der Waals surface area (Å²) >= 11 is 0. The molecule has 0 radical (unpaired) electrons. The van der Waals surface area contributed by atoms with Gasteiger partial charge in [0.25, 0.3) is 0 Å². The van der Waals surface area contributed by atoms with Crippen LogP contribution in [0.25, 0.3) is 6.08 Å². The smallest absolute Gasteiger partial charge is 0.328 e. The Hall–Kier alpha value is -1.97. The molecule has 0 fully saturated rings. The quantitative estimate of drug-likeness (QED) is 0.715. The van der Waals surface area contributed by atoms with Crippen molar-refractivity contribution >= 4 is 12.0 Å². The van der Waals surface area contributed by atoms with E-state index in [1.165, 1.54) is 13.2 Å². The Kier molecular flexibility index (Phi) is 3.12. The molecule has 0 saturated heterocycles. The molecule has 1 aromatic rings. The third-order valence-corrected chi connectivity index (χ3v) is 1.66. The second kappa shape index (κ2) is 4.32. The zero-order chi connectivity index (χ0) is 10.6. The summed E-state index contributed by atoms with van der Waals surface area (Å²) in [7, 11) is 1.43. The van der Waals surface area contributed by atoms with E-state index in [-0.39, 0.29) is 5.75 Å². The van der Waals surface area contributed by atoms with Crippen LogP contribution in [-0.2, 0) is 4.79 Å². The minimum Gasteiger partial charge on any atom is -0.504 e. The SMILES string of the molecule is COc1cccc(/C=C/C(=O)O)c1O. The highest BCUT2D eigenvalue weighted by Gasteiger charge is 2.04. The van der Waals surface area contributed by atoms with E-state index in [2.05, 4.69) is 0 Å². The summed E-state index contributed by atoms with van der Waals surface area (Å²) in [6.07, 6.45) is 2.26. The highest BCUT2D eigenvalue weighted by Crippen LogP contribution is 2.29. The van der Waals surface area contributed by atoms with E-state index < -0.39 is 5.97 Å². The largest absolute Gasteiger partial charge is 0.504 e. The normalized spacial score (nSPS) is 10.4. The Balaban J connectivity index is 3.03. The van der Waals surface area contributed by atoms with Crippen LogP contribution in [0.5, 0.6) is 11.5 Å². The zero-order valence-corrected chi connectivity index (χ0v) is 7.60. The van der Waals surface area contributed by atoms with Gasteiger partial charge in [0.05, 0.1) is 7.11 Å². The highest BCUT2D eigenvalue weighted by atomic mass is 16.5. The molecular weight excluding hydrogens is 184 g/mol. The van der Waals surface area contributed by atoms with Gasteiger partial charge in [-0.1, -0.05) is 12.1 Å². The first-order valence-corrected chi connectivity index (χ1v) is 3.92. The molecule has 0 heterocycles. The van der Waals surface area contributed by atoms with Gasteiger partial charge in [-0.25, -0.2) is 4.79 Å². The maximum Gasteiger partial charge on any atom is 0.328 e.